The fourth-order valence-electron chi connectivity index (χ4n) is 0.918. The quantitative estimate of drug-likeness (QED) is 0.275. The van der Waals surface area contributed by atoms with Gasteiger partial charge < -0.3 is 4.74 Å². The molecule has 0 saturated heterocycles. The second kappa shape index (κ2) is 4.95. The number of nitrogens with two attached hydrogens (primary N) is 1. The molecule has 0 spiro atoms. The van der Waals surface area contributed by atoms with Crippen molar-refractivity contribution in [2.24, 2.45) is 5.84 Å². The van der Waals surface area contributed by atoms with Crippen molar-refractivity contribution in [2.45, 2.75) is 6.42 Å². The Hall–Kier alpha value is -0.920. The fraction of sp³-hybridized carbons (Fsp3) is 0.667. The maximum atomic E-state index is 5.69. The molecule has 7 heteroatoms. The molecule has 74 valence electrons. The zero-order valence-electron chi connectivity index (χ0n) is 7.41. The first-order valence-corrected chi connectivity index (χ1v) is 4.30. The number of aromatic nitrogens is 3. The molecule has 1 aromatic rings. The van der Waals surface area contributed by atoms with Gasteiger partial charge in [0.25, 0.3) is 0 Å². The number of nitrogens with zero attached hydrogens (tertiary/aromatic N) is 2. The topological polar surface area (TPSA) is 83.0 Å². The minimum absolute atomic E-state index is 0.514. The molecule has 0 radical (unpaired) electrons. The Morgan fingerprint density at radius 1 is 1.69 bits per heavy atom. The van der Waals surface area contributed by atoms with Crippen LogP contribution in [0.15, 0.2) is 0 Å². The highest BCUT2D eigenvalue weighted by atomic mass is 32.1. The minimum atomic E-state index is 0.514. The third-order valence-electron chi connectivity index (χ3n) is 1.55. The highest BCUT2D eigenvalue weighted by Gasteiger charge is 2.05. The van der Waals surface area contributed by atoms with E-state index in [0.717, 1.165) is 6.42 Å². The van der Waals surface area contributed by atoms with E-state index >= 15 is 0 Å². The molecule has 0 aromatic carbocycles. The van der Waals surface area contributed by atoms with E-state index in [1.54, 1.807) is 7.11 Å². The van der Waals surface area contributed by atoms with Crippen molar-refractivity contribution < 1.29 is 4.74 Å². The number of hydrogen-bond donors (Lipinski definition) is 3. The third kappa shape index (κ3) is 2.79. The number of rotatable bonds is 5. The van der Waals surface area contributed by atoms with E-state index in [9.17, 15) is 0 Å². The normalized spacial score (nSPS) is 10.3. The van der Waals surface area contributed by atoms with E-state index in [1.165, 1.54) is 5.01 Å². The summed E-state index contributed by atoms with van der Waals surface area (Å²) in [5.41, 5.74) is 0. The SMILES string of the molecule is COCCCN(N)c1n[nH][nH]c1=S. The number of ether oxygens (including phenoxy) is 1. The van der Waals surface area contributed by atoms with Crippen molar-refractivity contribution in [1.82, 2.24) is 15.4 Å². The lowest BCUT2D eigenvalue weighted by Gasteiger charge is -2.13. The van der Waals surface area contributed by atoms with Crippen molar-refractivity contribution in [3.05, 3.63) is 4.64 Å². The number of H-pyrrole nitrogens is 2. The van der Waals surface area contributed by atoms with Gasteiger partial charge in [-0.25, -0.2) is 11.1 Å². The molecular weight excluding hydrogens is 190 g/mol. The summed E-state index contributed by atoms with van der Waals surface area (Å²) in [6, 6.07) is 0. The van der Waals surface area contributed by atoms with E-state index in [0.29, 0.717) is 23.6 Å². The maximum absolute atomic E-state index is 5.69. The van der Waals surface area contributed by atoms with Gasteiger partial charge in [0, 0.05) is 20.3 Å². The highest BCUT2D eigenvalue weighted by molar-refractivity contribution is 7.71. The number of anilines is 1. The van der Waals surface area contributed by atoms with Crippen LogP contribution in [0.5, 0.6) is 0 Å². The minimum Gasteiger partial charge on any atom is -0.385 e. The van der Waals surface area contributed by atoms with Gasteiger partial charge in [-0.2, -0.15) is 0 Å². The third-order valence-corrected chi connectivity index (χ3v) is 1.84. The molecule has 0 aliphatic rings. The highest BCUT2D eigenvalue weighted by Crippen LogP contribution is 2.05. The van der Waals surface area contributed by atoms with E-state index in [4.69, 9.17) is 22.8 Å². The molecule has 0 fully saturated rings. The standard InChI is InChI=1S/C6H13N5OS/c1-12-4-2-3-11(7)5-6(13)9-10-8-5/h2-4,7H2,1H3,(H2,8,9,10,13). The second-order valence-corrected chi connectivity index (χ2v) is 2.95. The van der Waals surface area contributed by atoms with Crippen LogP contribution in [0.3, 0.4) is 0 Å². The second-order valence-electron chi connectivity index (χ2n) is 2.54. The first kappa shape index (κ1) is 10.2. The van der Waals surface area contributed by atoms with Gasteiger partial charge in [0.05, 0.1) is 0 Å². The summed E-state index contributed by atoms with van der Waals surface area (Å²) in [5.74, 6) is 6.25. The van der Waals surface area contributed by atoms with Crippen LogP contribution in [0.4, 0.5) is 5.82 Å². The molecule has 0 aliphatic heterocycles. The van der Waals surface area contributed by atoms with Crippen LogP contribution >= 0.6 is 12.2 Å². The number of methoxy groups -OCH3 is 1. The number of nitrogens with one attached hydrogen (secondary N) is 2. The van der Waals surface area contributed by atoms with Crippen molar-refractivity contribution in [3.63, 3.8) is 0 Å². The summed E-state index contributed by atoms with van der Waals surface area (Å²) < 4.78 is 5.41. The van der Waals surface area contributed by atoms with Crippen molar-refractivity contribution in [1.29, 1.82) is 0 Å². The monoisotopic (exact) mass is 203 g/mol. The summed E-state index contributed by atoms with van der Waals surface area (Å²) >= 11 is 4.94. The summed E-state index contributed by atoms with van der Waals surface area (Å²) in [7, 11) is 1.65. The van der Waals surface area contributed by atoms with Gasteiger partial charge in [-0.1, -0.05) is 12.2 Å². The Morgan fingerprint density at radius 3 is 3.00 bits per heavy atom. The smallest absolute Gasteiger partial charge is 0.200 e. The van der Waals surface area contributed by atoms with Crippen molar-refractivity contribution >= 4 is 18.0 Å². The zero-order valence-corrected chi connectivity index (χ0v) is 8.23. The molecule has 0 aliphatic carbocycles. The number of hydrogen-bond acceptors (Lipinski definition) is 5. The Labute approximate surface area is 81.0 Å². The van der Waals surface area contributed by atoms with Gasteiger partial charge >= 0.3 is 0 Å². The Kier molecular flexibility index (Phi) is 3.87. The maximum Gasteiger partial charge on any atom is 0.200 e. The van der Waals surface area contributed by atoms with Gasteiger partial charge in [0.15, 0.2) is 4.64 Å². The van der Waals surface area contributed by atoms with Gasteiger partial charge in [0.2, 0.25) is 5.82 Å². The first-order valence-electron chi connectivity index (χ1n) is 3.90. The average molecular weight is 203 g/mol. The van der Waals surface area contributed by atoms with Crippen LogP contribution in [-0.2, 0) is 4.74 Å². The largest absolute Gasteiger partial charge is 0.385 e. The lowest BCUT2D eigenvalue weighted by Crippen LogP contribution is -2.33. The number of aromatic amines is 2. The molecule has 4 N–H and O–H groups in total. The summed E-state index contributed by atoms with van der Waals surface area (Å²) in [5, 5.41) is 10.6. The molecule has 13 heavy (non-hydrogen) atoms. The summed E-state index contributed by atoms with van der Waals surface area (Å²) in [6.45, 7) is 1.34. The van der Waals surface area contributed by atoms with Crippen LogP contribution in [0.2, 0.25) is 0 Å². The molecule has 0 amide bonds. The Morgan fingerprint density at radius 2 is 2.46 bits per heavy atom. The van der Waals surface area contributed by atoms with Crippen LogP contribution in [0.1, 0.15) is 6.42 Å². The van der Waals surface area contributed by atoms with E-state index in [-0.39, 0.29) is 0 Å². The summed E-state index contributed by atoms with van der Waals surface area (Å²) in [6.07, 6.45) is 0.842. The summed E-state index contributed by atoms with van der Waals surface area (Å²) in [4.78, 5) is 0. The molecule has 0 unspecified atom stereocenters. The van der Waals surface area contributed by atoms with Gasteiger partial charge in [-0.3, -0.25) is 10.1 Å². The Balaban J connectivity index is 2.44. The van der Waals surface area contributed by atoms with Crippen LogP contribution in [0.25, 0.3) is 0 Å². The van der Waals surface area contributed by atoms with Crippen molar-refractivity contribution in [2.75, 3.05) is 25.3 Å². The van der Waals surface area contributed by atoms with Crippen LogP contribution in [-0.4, -0.2) is 35.7 Å². The van der Waals surface area contributed by atoms with E-state index in [1.807, 2.05) is 0 Å². The molecular formula is C6H13N5OS. The Bertz CT molecular complexity index is 295. The fourth-order valence-corrected chi connectivity index (χ4v) is 1.13. The van der Waals surface area contributed by atoms with E-state index < -0.39 is 0 Å². The van der Waals surface area contributed by atoms with Crippen LogP contribution < -0.4 is 10.9 Å². The lowest BCUT2D eigenvalue weighted by molar-refractivity contribution is 0.196. The molecule has 1 rings (SSSR count). The van der Waals surface area contributed by atoms with Crippen molar-refractivity contribution in [3.8, 4) is 0 Å². The first-order chi connectivity index (χ1) is 6.25. The van der Waals surface area contributed by atoms with E-state index in [2.05, 4.69) is 15.4 Å². The van der Waals surface area contributed by atoms with Gasteiger partial charge in [0.1, 0.15) is 0 Å². The zero-order chi connectivity index (χ0) is 9.68. The molecule has 0 atom stereocenters. The molecule has 0 bridgehead atoms. The molecule has 1 heterocycles. The molecule has 0 saturated carbocycles. The predicted molar refractivity (Wildman–Crippen MR) is 51.8 cm³/mol. The number of hydrazine groups is 1. The van der Waals surface area contributed by atoms with Crippen LogP contribution in [0, 0.1) is 4.64 Å². The lowest BCUT2D eigenvalue weighted by atomic mass is 10.4. The average Bonchev–Trinajstić information content (AvgIpc) is 2.52. The van der Waals surface area contributed by atoms with Gasteiger partial charge in [-0.15, -0.1) is 5.10 Å². The predicted octanol–water partition coefficient (Wildman–Crippen LogP) is 0.184. The van der Waals surface area contributed by atoms with Gasteiger partial charge in [-0.05, 0) is 6.42 Å². The molecule has 6 nitrogen and oxygen atoms in total. The molecule has 1 aromatic heterocycles.